The molecule has 0 radical (unpaired) electrons. The van der Waals surface area contributed by atoms with Crippen molar-refractivity contribution in [3.8, 4) is 5.75 Å². The van der Waals surface area contributed by atoms with Crippen LogP contribution in [0.4, 0.5) is 0 Å². The van der Waals surface area contributed by atoms with Crippen molar-refractivity contribution < 1.29 is 9.53 Å². The Labute approximate surface area is 119 Å². The van der Waals surface area contributed by atoms with E-state index >= 15 is 0 Å². The highest BCUT2D eigenvalue weighted by Crippen LogP contribution is 2.37. The van der Waals surface area contributed by atoms with Crippen LogP contribution in [0.5, 0.6) is 5.75 Å². The highest BCUT2D eigenvalue weighted by molar-refractivity contribution is 6.48. The van der Waals surface area contributed by atoms with E-state index in [4.69, 9.17) is 39.5 Å². The van der Waals surface area contributed by atoms with Crippen molar-refractivity contribution in [1.82, 2.24) is 0 Å². The van der Waals surface area contributed by atoms with E-state index < -0.39 is 5.97 Å². The Bertz CT molecular complexity index is 582. The van der Waals surface area contributed by atoms with Crippen molar-refractivity contribution in [2.24, 2.45) is 0 Å². The summed E-state index contributed by atoms with van der Waals surface area (Å²) < 4.78 is 5.15. The molecule has 0 aliphatic rings. The smallest absolute Gasteiger partial charge is 0.343 e. The normalized spacial score (nSPS) is 10.2. The molecule has 0 unspecified atom stereocenters. The van der Waals surface area contributed by atoms with Gasteiger partial charge in [-0.05, 0) is 24.3 Å². The fourth-order valence-corrected chi connectivity index (χ4v) is 1.89. The fourth-order valence-electron chi connectivity index (χ4n) is 1.32. The molecule has 0 spiro atoms. The molecule has 0 heterocycles. The average molecular weight is 302 g/mol. The predicted molar refractivity (Wildman–Crippen MR) is 72.9 cm³/mol. The number of carbonyl (C=O) groups is 1. The Morgan fingerprint density at radius 3 is 2.22 bits per heavy atom. The zero-order chi connectivity index (χ0) is 13.1. The van der Waals surface area contributed by atoms with Gasteiger partial charge in [-0.3, -0.25) is 0 Å². The Morgan fingerprint density at radius 1 is 0.889 bits per heavy atom. The summed E-state index contributed by atoms with van der Waals surface area (Å²) in [4.78, 5) is 11.8. The lowest BCUT2D eigenvalue weighted by Gasteiger charge is -2.08. The van der Waals surface area contributed by atoms with Crippen LogP contribution >= 0.6 is 34.8 Å². The standard InChI is InChI=1S/C13H7Cl3O2/c14-9-6-7-10(12(16)11(9)15)18-13(17)8-4-2-1-3-5-8/h1-7H. The van der Waals surface area contributed by atoms with E-state index in [9.17, 15) is 4.79 Å². The largest absolute Gasteiger partial charge is 0.421 e. The van der Waals surface area contributed by atoms with Crippen molar-refractivity contribution in [3.63, 3.8) is 0 Å². The predicted octanol–water partition coefficient (Wildman–Crippen LogP) is 4.87. The van der Waals surface area contributed by atoms with E-state index in [0.717, 1.165) is 0 Å². The molecule has 0 atom stereocenters. The van der Waals surface area contributed by atoms with Crippen molar-refractivity contribution in [3.05, 3.63) is 63.1 Å². The summed E-state index contributed by atoms with van der Waals surface area (Å²) in [5.41, 5.74) is 0.430. The van der Waals surface area contributed by atoms with E-state index in [2.05, 4.69) is 0 Å². The number of hydrogen-bond donors (Lipinski definition) is 0. The summed E-state index contributed by atoms with van der Waals surface area (Å²) in [6.45, 7) is 0. The van der Waals surface area contributed by atoms with Gasteiger partial charge >= 0.3 is 5.97 Å². The van der Waals surface area contributed by atoms with Gasteiger partial charge in [-0.1, -0.05) is 53.0 Å². The van der Waals surface area contributed by atoms with Crippen LogP contribution in [-0.4, -0.2) is 5.97 Å². The van der Waals surface area contributed by atoms with Crippen LogP contribution in [0.2, 0.25) is 15.1 Å². The number of esters is 1. The zero-order valence-corrected chi connectivity index (χ0v) is 11.3. The Balaban J connectivity index is 2.26. The Kier molecular flexibility index (Phi) is 4.12. The lowest BCUT2D eigenvalue weighted by Crippen LogP contribution is -2.08. The van der Waals surface area contributed by atoms with E-state index in [0.29, 0.717) is 10.6 Å². The van der Waals surface area contributed by atoms with Crippen LogP contribution in [0.1, 0.15) is 10.4 Å². The van der Waals surface area contributed by atoms with Gasteiger partial charge in [0, 0.05) is 0 Å². The Morgan fingerprint density at radius 2 is 1.56 bits per heavy atom. The molecule has 0 saturated heterocycles. The maximum atomic E-state index is 11.8. The van der Waals surface area contributed by atoms with Gasteiger partial charge < -0.3 is 4.74 Å². The summed E-state index contributed by atoms with van der Waals surface area (Å²) in [6, 6.07) is 11.6. The zero-order valence-electron chi connectivity index (χ0n) is 8.99. The van der Waals surface area contributed by atoms with Gasteiger partial charge in [0.1, 0.15) is 5.02 Å². The highest BCUT2D eigenvalue weighted by atomic mass is 35.5. The second kappa shape index (κ2) is 5.61. The molecule has 0 saturated carbocycles. The van der Waals surface area contributed by atoms with Crippen LogP contribution in [0.3, 0.4) is 0 Å². The summed E-state index contributed by atoms with van der Waals surface area (Å²) in [5, 5.41) is 0.589. The summed E-state index contributed by atoms with van der Waals surface area (Å²) in [6.07, 6.45) is 0. The first-order chi connectivity index (χ1) is 8.59. The van der Waals surface area contributed by atoms with E-state index in [1.807, 2.05) is 6.07 Å². The number of halogens is 3. The third-order valence-electron chi connectivity index (χ3n) is 2.21. The van der Waals surface area contributed by atoms with Crippen LogP contribution in [0, 0.1) is 0 Å². The maximum Gasteiger partial charge on any atom is 0.343 e. The first-order valence-electron chi connectivity index (χ1n) is 5.00. The molecule has 18 heavy (non-hydrogen) atoms. The molecule has 0 N–H and O–H groups in total. The molecular formula is C13H7Cl3O2. The van der Waals surface area contributed by atoms with Gasteiger partial charge in [0.25, 0.3) is 0 Å². The molecule has 92 valence electrons. The number of carbonyl (C=O) groups excluding carboxylic acids is 1. The van der Waals surface area contributed by atoms with E-state index in [1.54, 1.807) is 24.3 Å². The maximum absolute atomic E-state index is 11.8. The second-order valence-electron chi connectivity index (χ2n) is 3.43. The van der Waals surface area contributed by atoms with Gasteiger partial charge in [-0.25, -0.2) is 4.79 Å². The van der Waals surface area contributed by atoms with E-state index in [1.165, 1.54) is 12.1 Å². The molecule has 0 bridgehead atoms. The number of ether oxygens (including phenoxy) is 1. The van der Waals surface area contributed by atoms with E-state index in [-0.39, 0.29) is 15.8 Å². The summed E-state index contributed by atoms with van der Waals surface area (Å²) in [5.74, 6) is -0.323. The SMILES string of the molecule is O=C(Oc1ccc(Cl)c(Cl)c1Cl)c1ccccc1. The highest BCUT2D eigenvalue weighted by Gasteiger charge is 2.14. The number of rotatable bonds is 2. The van der Waals surface area contributed by atoms with Crippen molar-refractivity contribution in [2.45, 2.75) is 0 Å². The second-order valence-corrected chi connectivity index (χ2v) is 4.59. The molecule has 0 amide bonds. The third kappa shape index (κ3) is 2.78. The fraction of sp³-hybridized carbons (Fsp3) is 0. The topological polar surface area (TPSA) is 26.3 Å². The van der Waals surface area contributed by atoms with Crippen molar-refractivity contribution >= 4 is 40.8 Å². The van der Waals surface area contributed by atoms with Gasteiger partial charge in [-0.2, -0.15) is 0 Å². The molecule has 0 aromatic heterocycles. The first-order valence-corrected chi connectivity index (χ1v) is 6.13. The Hall–Kier alpha value is -1.22. The lowest BCUT2D eigenvalue weighted by atomic mass is 10.2. The van der Waals surface area contributed by atoms with Gasteiger partial charge in [0.15, 0.2) is 5.75 Å². The molecule has 0 aliphatic heterocycles. The molecule has 0 fully saturated rings. The quantitative estimate of drug-likeness (QED) is 0.449. The summed E-state index contributed by atoms with van der Waals surface area (Å²) in [7, 11) is 0. The van der Waals surface area contributed by atoms with Crippen LogP contribution in [-0.2, 0) is 0 Å². The van der Waals surface area contributed by atoms with Crippen molar-refractivity contribution in [1.29, 1.82) is 0 Å². The molecule has 5 heteroatoms. The van der Waals surface area contributed by atoms with Crippen LogP contribution in [0.25, 0.3) is 0 Å². The number of hydrogen-bond acceptors (Lipinski definition) is 2. The van der Waals surface area contributed by atoms with Gasteiger partial charge in [0.2, 0.25) is 0 Å². The van der Waals surface area contributed by atoms with Gasteiger partial charge in [-0.15, -0.1) is 0 Å². The number of benzene rings is 2. The molecule has 2 nitrogen and oxygen atoms in total. The minimum absolute atomic E-state index is 0.119. The first kappa shape index (κ1) is 13.2. The minimum atomic E-state index is -0.504. The molecule has 0 aliphatic carbocycles. The average Bonchev–Trinajstić information content (AvgIpc) is 2.40. The minimum Gasteiger partial charge on any atom is -0.421 e. The van der Waals surface area contributed by atoms with Gasteiger partial charge in [0.05, 0.1) is 15.6 Å². The summed E-state index contributed by atoms with van der Waals surface area (Å²) >= 11 is 17.6. The molecular weight excluding hydrogens is 295 g/mol. The molecule has 2 rings (SSSR count). The van der Waals surface area contributed by atoms with Crippen molar-refractivity contribution in [2.75, 3.05) is 0 Å². The lowest BCUT2D eigenvalue weighted by molar-refractivity contribution is 0.0735. The monoisotopic (exact) mass is 300 g/mol. The van der Waals surface area contributed by atoms with Crippen LogP contribution in [0.15, 0.2) is 42.5 Å². The molecule has 2 aromatic carbocycles. The third-order valence-corrected chi connectivity index (χ3v) is 3.49. The van der Waals surface area contributed by atoms with Crippen LogP contribution < -0.4 is 4.74 Å². The molecule has 2 aromatic rings.